The van der Waals surface area contributed by atoms with Crippen molar-refractivity contribution < 1.29 is 12.6 Å². The molecule has 1 aromatic rings. The summed E-state index contributed by atoms with van der Waals surface area (Å²) in [5, 5.41) is 4.84. The molecule has 16 heavy (non-hydrogen) atoms. The zero-order valence-electron chi connectivity index (χ0n) is 8.67. The summed E-state index contributed by atoms with van der Waals surface area (Å²) in [6, 6.07) is 3.16. The Morgan fingerprint density at radius 3 is 2.69 bits per heavy atom. The van der Waals surface area contributed by atoms with E-state index >= 15 is 0 Å². The van der Waals surface area contributed by atoms with Gasteiger partial charge >= 0.3 is 10.3 Å². The number of hydrogen-bond acceptors (Lipinski definition) is 5. The van der Waals surface area contributed by atoms with Crippen LogP contribution in [-0.2, 0) is 10.3 Å². The highest BCUT2D eigenvalue weighted by atomic mass is 32.2. The van der Waals surface area contributed by atoms with Gasteiger partial charge in [-0.25, -0.2) is 4.98 Å². The maximum Gasteiger partial charge on any atom is 0.380 e. The summed E-state index contributed by atoms with van der Waals surface area (Å²) >= 11 is 0. The Morgan fingerprint density at radius 2 is 2.06 bits per heavy atom. The predicted molar refractivity (Wildman–Crippen MR) is 59.4 cm³/mol. The Labute approximate surface area is 94.3 Å². The first-order valence-electron chi connectivity index (χ1n) is 4.98. The zero-order chi connectivity index (χ0) is 11.6. The number of anilines is 1. The Kier molecular flexibility index (Phi) is 2.97. The molecule has 7 heteroatoms. The largest absolute Gasteiger partial charge is 0.380 e. The fourth-order valence-corrected chi connectivity index (χ4v) is 2.12. The molecule has 1 aliphatic rings. The minimum Gasteiger partial charge on any atom is -0.367 e. The molecular formula is C9H13N3O3S. The second-order valence-corrected chi connectivity index (χ2v) is 4.75. The van der Waals surface area contributed by atoms with Crippen molar-refractivity contribution in [1.29, 1.82) is 0 Å². The highest BCUT2D eigenvalue weighted by Crippen LogP contribution is 2.28. The van der Waals surface area contributed by atoms with Crippen LogP contribution in [-0.4, -0.2) is 26.5 Å². The van der Waals surface area contributed by atoms with Gasteiger partial charge in [0.25, 0.3) is 0 Å². The van der Waals surface area contributed by atoms with Gasteiger partial charge in [-0.3, -0.25) is 0 Å². The summed E-state index contributed by atoms with van der Waals surface area (Å²) in [4.78, 5) is 6.11. The lowest BCUT2D eigenvalue weighted by Gasteiger charge is -2.18. The van der Waals surface area contributed by atoms with E-state index in [-0.39, 0.29) is 5.75 Å². The van der Waals surface area contributed by atoms with Crippen LogP contribution in [0.25, 0.3) is 0 Å². The van der Waals surface area contributed by atoms with Gasteiger partial charge in [0.15, 0.2) is 11.6 Å². The summed E-state index contributed by atoms with van der Waals surface area (Å²) in [7, 11) is -4.00. The van der Waals surface area contributed by atoms with E-state index in [9.17, 15) is 8.42 Å². The third-order valence-electron chi connectivity index (χ3n) is 2.36. The molecule has 1 aliphatic heterocycles. The van der Waals surface area contributed by atoms with Crippen molar-refractivity contribution in [2.24, 2.45) is 5.14 Å². The van der Waals surface area contributed by atoms with Crippen molar-refractivity contribution in [2.45, 2.75) is 12.8 Å². The predicted octanol–water partition coefficient (Wildman–Crippen LogP) is 0.264. The molecule has 0 saturated carbocycles. The van der Waals surface area contributed by atoms with Crippen molar-refractivity contribution in [1.82, 2.24) is 4.98 Å². The van der Waals surface area contributed by atoms with E-state index in [1.165, 1.54) is 0 Å². The highest BCUT2D eigenvalue weighted by molar-refractivity contribution is 7.84. The van der Waals surface area contributed by atoms with E-state index in [0.29, 0.717) is 5.82 Å². The summed E-state index contributed by atoms with van der Waals surface area (Å²) in [5.74, 6) is 0.723. The first kappa shape index (κ1) is 11.2. The van der Waals surface area contributed by atoms with Crippen LogP contribution in [0.15, 0.2) is 18.3 Å². The fourth-order valence-electron chi connectivity index (χ4n) is 1.74. The molecule has 0 aliphatic carbocycles. The van der Waals surface area contributed by atoms with E-state index < -0.39 is 10.3 Å². The van der Waals surface area contributed by atoms with Crippen molar-refractivity contribution in [2.75, 3.05) is 18.0 Å². The Balaban J connectivity index is 2.30. The highest BCUT2D eigenvalue weighted by Gasteiger charge is 2.19. The van der Waals surface area contributed by atoms with Crippen LogP contribution in [0.2, 0.25) is 0 Å². The lowest BCUT2D eigenvalue weighted by atomic mass is 10.4. The SMILES string of the molecule is NS(=O)(=O)Oc1cccnc1N1CCCC1. The maximum atomic E-state index is 10.9. The van der Waals surface area contributed by atoms with Gasteiger partial charge in [0.1, 0.15) is 0 Å². The van der Waals surface area contributed by atoms with Crippen molar-refractivity contribution in [3.63, 3.8) is 0 Å². The monoisotopic (exact) mass is 243 g/mol. The van der Waals surface area contributed by atoms with Gasteiger partial charge in [0.05, 0.1) is 0 Å². The van der Waals surface area contributed by atoms with Gasteiger partial charge in [0, 0.05) is 19.3 Å². The Morgan fingerprint density at radius 1 is 1.38 bits per heavy atom. The van der Waals surface area contributed by atoms with E-state index in [4.69, 9.17) is 9.32 Å². The quantitative estimate of drug-likeness (QED) is 0.823. The average Bonchev–Trinajstić information content (AvgIpc) is 2.69. The number of rotatable bonds is 3. The molecule has 2 rings (SSSR count). The molecule has 1 aromatic heterocycles. The minimum atomic E-state index is -4.00. The molecule has 0 spiro atoms. The van der Waals surface area contributed by atoms with Crippen LogP contribution in [0.5, 0.6) is 5.75 Å². The number of hydrogen-bond donors (Lipinski definition) is 1. The minimum absolute atomic E-state index is 0.187. The Hall–Kier alpha value is -1.34. The van der Waals surface area contributed by atoms with Crippen LogP contribution in [0.1, 0.15) is 12.8 Å². The van der Waals surface area contributed by atoms with Crippen LogP contribution in [0.4, 0.5) is 5.82 Å². The third kappa shape index (κ3) is 2.61. The number of pyridine rings is 1. The van der Waals surface area contributed by atoms with Crippen molar-refractivity contribution in [3.8, 4) is 5.75 Å². The smallest absolute Gasteiger partial charge is 0.367 e. The number of aromatic nitrogens is 1. The summed E-state index contributed by atoms with van der Waals surface area (Å²) in [5.41, 5.74) is 0. The third-order valence-corrected chi connectivity index (χ3v) is 2.77. The molecule has 1 saturated heterocycles. The molecular weight excluding hydrogens is 230 g/mol. The molecule has 0 aromatic carbocycles. The summed E-state index contributed by atoms with van der Waals surface area (Å²) in [6.45, 7) is 1.72. The van der Waals surface area contributed by atoms with Crippen molar-refractivity contribution >= 4 is 16.1 Å². The summed E-state index contributed by atoms with van der Waals surface area (Å²) in [6.07, 6.45) is 3.75. The molecule has 6 nitrogen and oxygen atoms in total. The lowest BCUT2D eigenvalue weighted by molar-refractivity contribution is 0.486. The van der Waals surface area contributed by atoms with Gasteiger partial charge in [-0.15, -0.1) is 0 Å². The molecule has 2 N–H and O–H groups in total. The first-order chi connectivity index (χ1) is 7.56. The molecule has 0 radical (unpaired) electrons. The molecule has 0 amide bonds. The van der Waals surface area contributed by atoms with E-state index in [1.807, 2.05) is 4.90 Å². The lowest BCUT2D eigenvalue weighted by Crippen LogP contribution is -2.23. The molecule has 0 bridgehead atoms. The Bertz CT molecular complexity index is 469. The van der Waals surface area contributed by atoms with Crippen molar-refractivity contribution in [3.05, 3.63) is 18.3 Å². The molecule has 2 heterocycles. The van der Waals surface area contributed by atoms with E-state index in [2.05, 4.69) is 4.98 Å². The van der Waals surface area contributed by atoms with Crippen LogP contribution >= 0.6 is 0 Å². The standard InChI is InChI=1S/C9H13N3O3S/c10-16(13,14)15-8-4-3-5-11-9(8)12-6-1-2-7-12/h3-5H,1-2,6-7H2,(H2,10,13,14). The fraction of sp³-hybridized carbons (Fsp3) is 0.444. The number of nitrogens with zero attached hydrogens (tertiary/aromatic N) is 2. The second kappa shape index (κ2) is 4.26. The van der Waals surface area contributed by atoms with Gasteiger partial charge < -0.3 is 9.08 Å². The second-order valence-electron chi connectivity index (χ2n) is 3.60. The number of nitrogens with two attached hydrogens (primary N) is 1. The van der Waals surface area contributed by atoms with E-state index in [1.54, 1.807) is 18.3 Å². The van der Waals surface area contributed by atoms with Gasteiger partial charge in [-0.1, -0.05) is 0 Å². The van der Waals surface area contributed by atoms with E-state index in [0.717, 1.165) is 25.9 Å². The molecule has 1 fully saturated rings. The molecule has 0 unspecified atom stereocenters. The van der Waals surface area contributed by atoms with Gasteiger partial charge in [-0.2, -0.15) is 13.6 Å². The van der Waals surface area contributed by atoms with Crippen LogP contribution in [0, 0.1) is 0 Å². The maximum absolute atomic E-state index is 10.9. The average molecular weight is 243 g/mol. The summed E-state index contributed by atoms with van der Waals surface area (Å²) < 4.78 is 26.4. The molecule has 0 atom stereocenters. The zero-order valence-corrected chi connectivity index (χ0v) is 9.48. The van der Waals surface area contributed by atoms with Crippen LogP contribution in [0.3, 0.4) is 0 Å². The topological polar surface area (TPSA) is 85.5 Å². The van der Waals surface area contributed by atoms with Gasteiger partial charge in [0.2, 0.25) is 0 Å². The first-order valence-corrected chi connectivity index (χ1v) is 6.45. The normalized spacial score (nSPS) is 16.4. The van der Waals surface area contributed by atoms with Gasteiger partial charge in [-0.05, 0) is 25.0 Å². The molecule has 88 valence electrons. The van der Waals surface area contributed by atoms with Crippen LogP contribution < -0.4 is 14.2 Å².